The van der Waals surface area contributed by atoms with E-state index in [-0.39, 0.29) is 17.7 Å². The van der Waals surface area contributed by atoms with Crippen molar-refractivity contribution in [3.63, 3.8) is 0 Å². The number of amides is 2. The zero-order valence-electron chi connectivity index (χ0n) is 19.5. The molecule has 1 unspecified atom stereocenters. The summed E-state index contributed by atoms with van der Waals surface area (Å²) in [6, 6.07) is 17.6. The highest BCUT2D eigenvalue weighted by molar-refractivity contribution is 5.88. The highest BCUT2D eigenvalue weighted by atomic mass is 16.2. The van der Waals surface area contributed by atoms with Crippen LogP contribution in [0.4, 0.5) is 0 Å². The number of hydrogen-bond donors (Lipinski definition) is 0. The predicted molar refractivity (Wildman–Crippen MR) is 127 cm³/mol. The van der Waals surface area contributed by atoms with E-state index in [9.17, 15) is 9.59 Å². The number of carbonyl (C=O) groups is 2. The molecule has 2 aliphatic rings. The Hall–Kier alpha value is -3.17. The molecule has 2 aliphatic heterocycles. The van der Waals surface area contributed by atoms with Crippen molar-refractivity contribution in [3.8, 4) is 6.07 Å². The molecule has 1 atom stereocenters. The summed E-state index contributed by atoms with van der Waals surface area (Å²) < 4.78 is 0. The quantitative estimate of drug-likeness (QED) is 0.710. The lowest BCUT2D eigenvalue weighted by molar-refractivity contribution is -0.148. The number of fused-ring (bicyclic) bond motifs is 1. The van der Waals surface area contributed by atoms with Crippen molar-refractivity contribution in [2.45, 2.75) is 45.8 Å². The molecule has 0 aliphatic carbocycles. The first-order valence-corrected chi connectivity index (χ1v) is 11.8. The molecule has 2 aromatic carbocycles. The van der Waals surface area contributed by atoms with Crippen molar-refractivity contribution in [2.24, 2.45) is 5.92 Å². The maximum atomic E-state index is 13.6. The van der Waals surface area contributed by atoms with Crippen LogP contribution in [-0.2, 0) is 29.1 Å². The van der Waals surface area contributed by atoms with Gasteiger partial charge in [0.05, 0.1) is 11.6 Å². The number of rotatable bonds is 5. The number of benzene rings is 2. The SMILES string of the molecule is CC(C)CC(=O)N1Cc2ccccc2CC1C(=O)N1CCN(Cc2ccc(C#N)cc2)CC1. The summed E-state index contributed by atoms with van der Waals surface area (Å²) in [7, 11) is 0. The lowest BCUT2D eigenvalue weighted by atomic mass is 9.92. The number of carbonyl (C=O) groups excluding carboxylic acids is 2. The Kier molecular flexibility index (Phi) is 7.10. The molecule has 0 spiro atoms. The second kappa shape index (κ2) is 10.2. The fourth-order valence-electron chi connectivity index (χ4n) is 4.75. The van der Waals surface area contributed by atoms with E-state index in [4.69, 9.17) is 5.26 Å². The van der Waals surface area contributed by atoms with Crippen molar-refractivity contribution in [2.75, 3.05) is 26.2 Å². The van der Waals surface area contributed by atoms with Crippen LogP contribution in [0.5, 0.6) is 0 Å². The fraction of sp³-hybridized carbons (Fsp3) is 0.444. The van der Waals surface area contributed by atoms with Gasteiger partial charge >= 0.3 is 0 Å². The van der Waals surface area contributed by atoms with Gasteiger partial charge in [0.1, 0.15) is 6.04 Å². The molecule has 2 aromatic rings. The molecular weight excluding hydrogens is 412 g/mol. The molecule has 0 aromatic heterocycles. The van der Waals surface area contributed by atoms with Crippen LogP contribution in [0.15, 0.2) is 48.5 Å². The van der Waals surface area contributed by atoms with Gasteiger partial charge in [0.15, 0.2) is 0 Å². The smallest absolute Gasteiger partial charge is 0.245 e. The van der Waals surface area contributed by atoms with Gasteiger partial charge < -0.3 is 9.80 Å². The van der Waals surface area contributed by atoms with Crippen molar-refractivity contribution in [3.05, 3.63) is 70.8 Å². The Bertz CT molecular complexity index is 1030. The Morgan fingerprint density at radius 2 is 1.67 bits per heavy atom. The number of piperazine rings is 1. The third kappa shape index (κ3) is 5.43. The van der Waals surface area contributed by atoms with Gasteiger partial charge in [-0.1, -0.05) is 50.2 Å². The van der Waals surface area contributed by atoms with Crippen LogP contribution in [0.1, 0.15) is 42.5 Å². The third-order valence-corrected chi connectivity index (χ3v) is 6.61. The van der Waals surface area contributed by atoms with Gasteiger partial charge in [-0.25, -0.2) is 0 Å². The number of hydrogen-bond acceptors (Lipinski definition) is 4. The molecule has 0 radical (unpaired) electrons. The summed E-state index contributed by atoms with van der Waals surface area (Å²) >= 11 is 0. The maximum absolute atomic E-state index is 13.6. The van der Waals surface area contributed by atoms with E-state index in [0.29, 0.717) is 38.0 Å². The van der Waals surface area contributed by atoms with E-state index in [1.54, 1.807) is 0 Å². The molecule has 33 heavy (non-hydrogen) atoms. The molecule has 6 heteroatoms. The second-order valence-electron chi connectivity index (χ2n) is 9.52. The molecule has 6 nitrogen and oxygen atoms in total. The fourth-order valence-corrected chi connectivity index (χ4v) is 4.75. The van der Waals surface area contributed by atoms with Crippen LogP contribution in [0.25, 0.3) is 0 Å². The highest BCUT2D eigenvalue weighted by Crippen LogP contribution is 2.26. The minimum absolute atomic E-state index is 0.0669. The lowest BCUT2D eigenvalue weighted by Crippen LogP contribution is -2.57. The summed E-state index contributed by atoms with van der Waals surface area (Å²) in [6.07, 6.45) is 1.05. The van der Waals surface area contributed by atoms with Gasteiger partial charge in [-0.2, -0.15) is 5.26 Å². The molecule has 2 heterocycles. The zero-order valence-corrected chi connectivity index (χ0v) is 19.5. The lowest BCUT2D eigenvalue weighted by Gasteiger charge is -2.41. The summed E-state index contributed by atoms with van der Waals surface area (Å²) in [6.45, 7) is 8.34. The summed E-state index contributed by atoms with van der Waals surface area (Å²) in [5, 5.41) is 8.97. The van der Waals surface area contributed by atoms with Crippen LogP contribution < -0.4 is 0 Å². The largest absolute Gasteiger partial charge is 0.338 e. The van der Waals surface area contributed by atoms with E-state index in [2.05, 4.69) is 23.1 Å². The molecule has 4 rings (SSSR count). The zero-order chi connectivity index (χ0) is 23.4. The first-order chi connectivity index (χ1) is 15.9. The van der Waals surface area contributed by atoms with Gasteiger partial charge in [0.2, 0.25) is 11.8 Å². The summed E-state index contributed by atoms with van der Waals surface area (Å²) in [4.78, 5) is 32.7. The van der Waals surface area contributed by atoms with Gasteiger partial charge in [-0.3, -0.25) is 14.5 Å². The van der Waals surface area contributed by atoms with Crippen molar-refractivity contribution in [1.82, 2.24) is 14.7 Å². The van der Waals surface area contributed by atoms with Gasteiger partial charge in [0.25, 0.3) is 0 Å². The van der Waals surface area contributed by atoms with Crippen LogP contribution >= 0.6 is 0 Å². The molecule has 2 amide bonds. The van der Waals surface area contributed by atoms with E-state index in [0.717, 1.165) is 25.2 Å². The van der Waals surface area contributed by atoms with Crippen LogP contribution in [0, 0.1) is 17.2 Å². The van der Waals surface area contributed by atoms with E-state index >= 15 is 0 Å². The van der Waals surface area contributed by atoms with Crippen molar-refractivity contribution >= 4 is 11.8 Å². The maximum Gasteiger partial charge on any atom is 0.245 e. The normalized spacial score (nSPS) is 18.7. The second-order valence-corrected chi connectivity index (χ2v) is 9.52. The van der Waals surface area contributed by atoms with E-state index in [1.807, 2.05) is 60.0 Å². The van der Waals surface area contributed by atoms with Crippen LogP contribution in [-0.4, -0.2) is 58.7 Å². The predicted octanol–water partition coefficient (Wildman–Crippen LogP) is 3.20. The Labute approximate surface area is 196 Å². The average Bonchev–Trinajstić information content (AvgIpc) is 2.83. The van der Waals surface area contributed by atoms with Crippen LogP contribution in [0.3, 0.4) is 0 Å². The standard InChI is InChI=1S/C27H32N4O2/c1-20(2)15-26(32)31-19-24-6-4-3-5-23(24)16-25(31)27(33)30-13-11-29(12-14-30)18-22-9-7-21(17-28)8-10-22/h3-10,20,25H,11-16,18-19H2,1-2H3. The summed E-state index contributed by atoms with van der Waals surface area (Å²) in [5.41, 5.74) is 4.15. The minimum Gasteiger partial charge on any atom is -0.338 e. The summed E-state index contributed by atoms with van der Waals surface area (Å²) in [5.74, 6) is 0.396. The highest BCUT2D eigenvalue weighted by Gasteiger charge is 2.37. The molecule has 0 N–H and O–H groups in total. The van der Waals surface area contributed by atoms with E-state index < -0.39 is 6.04 Å². The van der Waals surface area contributed by atoms with Gasteiger partial charge in [-0.05, 0) is 34.7 Å². The monoisotopic (exact) mass is 444 g/mol. The Balaban J connectivity index is 1.41. The number of nitriles is 1. The molecule has 1 saturated heterocycles. The first-order valence-electron chi connectivity index (χ1n) is 11.8. The molecular formula is C27H32N4O2. The molecule has 172 valence electrons. The molecule has 0 bridgehead atoms. The van der Waals surface area contributed by atoms with E-state index in [1.165, 1.54) is 11.1 Å². The van der Waals surface area contributed by atoms with Gasteiger partial charge in [0, 0.05) is 52.1 Å². The van der Waals surface area contributed by atoms with Gasteiger partial charge in [-0.15, -0.1) is 0 Å². The van der Waals surface area contributed by atoms with Crippen molar-refractivity contribution in [1.29, 1.82) is 5.26 Å². The number of nitrogens with zero attached hydrogens (tertiary/aromatic N) is 4. The topological polar surface area (TPSA) is 67.7 Å². The minimum atomic E-state index is -0.420. The van der Waals surface area contributed by atoms with Crippen LogP contribution in [0.2, 0.25) is 0 Å². The third-order valence-electron chi connectivity index (χ3n) is 6.61. The first kappa shape index (κ1) is 23.0. The molecule has 1 fully saturated rings. The van der Waals surface area contributed by atoms with Crippen molar-refractivity contribution < 1.29 is 9.59 Å². The Morgan fingerprint density at radius 3 is 2.30 bits per heavy atom. The molecule has 0 saturated carbocycles. The average molecular weight is 445 g/mol. The Morgan fingerprint density at radius 1 is 1.00 bits per heavy atom.